The largest absolute Gasteiger partial charge is 0.493 e. The van der Waals surface area contributed by atoms with Gasteiger partial charge in [-0.3, -0.25) is 0 Å². The van der Waals surface area contributed by atoms with Gasteiger partial charge in [-0.15, -0.1) is 0 Å². The lowest BCUT2D eigenvalue weighted by molar-refractivity contribution is 0.140. The Labute approximate surface area is 108 Å². The van der Waals surface area contributed by atoms with Crippen LogP contribution in [0.4, 0.5) is 0 Å². The third-order valence-electron chi connectivity index (χ3n) is 3.32. The number of fused-ring (bicyclic) bond motifs is 2. The zero-order valence-corrected chi connectivity index (χ0v) is 11.0. The van der Waals surface area contributed by atoms with Crippen LogP contribution in [0.2, 0.25) is 0 Å². The lowest BCUT2D eigenvalue weighted by Gasteiger charge is -2.14. The zero-order chi connectivity index (χ0) is 11.8. The Balaban J connectivity index is 2.12. The van der Waals surface area contributed by atoms with Crippen LogP contribution >= 0.6 is 15.9 Å². The quantitative estimate of drug-likeness (QED) is 0.864. The summed E-state index contributed by atoms with van der Waals surface area (Å²) >= 11 is 3.62. The molecule has 1 aromatic carbocycles. The first kappa shape index (κ1) is 11.3. The van der Waals surface area contributed by atoms with Crippen LogP contribution in [0.25, 0.3) is 0 Å². The first-order chi connectivity index (χ1) is 8.33. The fourth-order valence-electron chi connectivity index (χ4n) is 2.57. The molecule has 0 radical (unpaired) electrons. The summed E-state index contributed by atoms with van der Waals surface area (Å²) in [6, 6.07) is 0. The minimum atomic E-state index is 0.504. The molecular weight excluding hydrogens is 286 g/mol. The molecule has 2 N–H and O–H groups in total. The molecule has 0 amide bonds. The average Bonchev–Trinajstić information content (AvgIpc) is 2.97. The van der Waals surface area contributed by atoms with Crippen molar-refractivity contribution in [2.24, 2.45) is 5.90 Å². The van der Waals surface area contributed by atoms with E-state index in [0.29, 0.717) is 6.61 Å². The maximum atomic E-state index is 5.75. The second kappa shape index (κ2) is 4.48. The number of ether oxygens (including phenoxy) is 2. The minimum absolute atomic E-state index is 0.504. The second-order valence-corrected chi connectivity index (χ2v) is 5.02. The molecular formula is C12H14BrNO3. The van der Waals surface area contributed by atoms with E-state index in [1.165, 1.54) is 16.7 Å². The van der Waals surface area contributed by atoms with E-state index in [4.69, 9.17) is 15.4 Å². The van der Waals surface area contributed by atoms with Gasteiger partial charge in [0.2, 0.25) is 0 Å². The Bertz CT molecular complexity index is 427. The summed E-state index contributed by atoms with van der Waals surface area (Å²) < 4.78 is 12.5. The van der Waals surface area contributed by atoms with E-state index >= 15 is 0 Å². The highest BCUT2D eigenvalue weighted by atomic mass is 79.9. The molecule has 0 spiro atoms. The van der Waals surface area contributed by atoms with Crippen LogP contribution in [0.15, 0.2) is 4.47 Å². The van der Waals surface area contributed by atoms with Gasteiger partial charge < -0.3 is 14.3 Å². The van der Waals surface area contributed by atoms with Crippen LogP contribution in [0.3, 0.4) is 0 Å². The Morgan fingerprint density at radius 2 is 1.82 bits per heavy atom. The van der Waals surface area contributed by atoms with Crippen LogP contribution in [0.1, 0.15) is 16.7 Å². The maximum absolute atomic E-state index is 5.75. The molecule has 2 aliphatic rings. The fraction of sp³-hybridized carbons (Fsp3) is 0.500. The van der Waals surface area contributed by atoms with E-state index in [0.717, 1.165) is 48.4 Å². The average molecular weight is 300 g/mol. The third kappa shape index (κ3) is 1.73. The molecule has 0 bridgehead atoms. The molecule has 3 rings (SSSR count). The summed E-state index contributed by atoms with van der Waals surface area (Å²) in [6.45, 7) is 1.99. The lowest BCUT2D eigenvalue weighted by Crippen LogP contribution is -2.06. The molecule has 0 saturated carbocycles. The topological polar surface area (TPSA) is 53.7 Å². The fourth-order valence-corrected chi connectivity index (χ4v) is 3.31. The molecule has 0 aromatic heterocycles. The number of rotatable bonds is 3. The molecule has 0 aliphatic carbocycles. The van der Waals surface area contributed by atoms with Crippen LogP contribution in [0, 0.1) is 0 Å². The summed E-state index contributed by atoms with van der Waals surface area (Å²) in [7, 11) is 0. The van der Waals surface area contributed by atoms with E-state index in [9.17, 15) is 0 Å². The number of hydrogen-bond acceptors (Lipinski definition) is 4. The summed E-state index contributed by atoms with van der Waals surface area (Å²) in [5, 5.41) is 0. The van der Waals surface area contributed by atoms with Crippen molar-refractivity contribution in [1.82, 2.24) is 0 Å². The smallest absolute Gasteiger partial charge is 0.137 e. The van der Waals surface area contributed by atoms with Gasteiger partial charge in [0.25, 0.3) is 0 Å². The van der Waals surface area contributed by atoms with E-state index < -0.39 is 0 Å². The SMILES string of the molecule is NOCCc1c2c(c(Br)c3c1OCC3)OCC2. The first-order valence-corrected chi connectivity index (χ1v) is 6.55. The predicted molar refractivity (Wildman–Crippen MR) is 66.4 cm³/mol. The summed E-state index contributed by atoms with van der Waals surface area (Å²) in [5.74, 6) is 7.11. The summed E-state index contributed by atoms with van der Waals surface area (Å²) in [6.07, 6.45) is 2.64. The lowest BCUT2D eigenvalue weighted by atomic mass is 9.97. The van der Waals surface area contributed by atoms with Gasteiger partial charge in [-0.2, -0.15) is 0 Å². The van der Waals surface area contributed by atoms with Crippen molar-refractivity contribution in [3.05, 3.63) is 21.2 Å². The zero-order valence-electron chi connectivity index (χ0n) is 9.42. The molecule has 0 atom stereocenters. The van der Waals surface area contributed by atoms with Gasteiger partial charge in [0, 0.05) is 36.0 Å². The highest BCUT2D eigenvalue weighted by Crippen LogP contribution is 2.47. The molecule has 2 heterocycles. The predicted octanol–water partition coefficient (Wildman–Crippen LogP) is 1.75. The maximum Gasteiger partial charge on any atom is 0.137 e. The number of nitrogens with two attached hydrogens (primary N) is 1. The van der Waals surface area contributed by atoms with Gasteiger partial charge in [0.05, 0.1) is 24.3 Å². The molecule has 5 heteroatoms. The summed E-state index contributed by atoms with van der Waals surface area (Å²) in [4.78, 5) is 4.69. The van der Waals surface area contributed by atoms with E-state index in [-0.39, 0.29) is 0 Å². The minimum Gasteiger partial charge on any atom is -0.493 e. The number of halogens is 1. The van der Waals surface area contributed by atoms with Crippen LogP contribution in [0.5, 0.6) is 11.5 Å². The van der Waals surface area contributed by atoms with E-state index in [2.05, 4.69) is 20.8 Å². The standard InChI is InChI=1S/C12H14BrNO3/c13-10-9-2-5-15-11(9)7(3-6-17-14)8-1-4-16-12(8)10/h1-6,14H2. The van der Waals surface area contributed by atoms with Gasteiger partial charge >= 0.3 is 0 Å². The molecule has 4 nitrogen and oxygen atoms in total. The van der Waals surface area contributed by atoms with Crippen molar-refractivity contribution in [2.75, 3.05) is 19.8 Å². The molecule has 0 saturated heterocycles. The Morgan fingerprint density at radius 3 is 2.59 bits per heavy atom. The highest BCUT2D eigenvalue weighted by molar-refractivity contribution is 9.10. The summed E-state index contributed by atoms with van der Waals surface area (Å²) in [5.41, 5.74) is 3.67. The van der Waals surface area contributed by atoms with Crippen molar-refractivity contribution < 1.29 is 14.3 Å². The monoisotopic (exact) mass is 299 g/mol. The molecule has 17 heavy (non-hydrogen) atoms. The first-order valence-electron chi connectivity index (χ1n) is 5.76. The molecule has 92 valence electrons. The van der Waals surface area contributed by atoms with Crippen LogP contribution < -0.4 is 15.4 Å². The van der Waals surface area contributed by atoms with Crippen molar-refractivity contribution in [3.8, 4) is 11.5 Å². The Kier molecular flexibility index (Phi) is 2.98. The van der Waals surface area contributed by atoms with Gasteiger partial charge in [0.1, 0.15) is 11.5 Å². The highest BCUT2D eigenvalue weighted by Gasteiger charge is 2.29. The Morgan fingerprint density at radius 1 is 1.12 bits per heavy atom. The molecule has 1 aromatic rings. The van der Waals surface area contributed by atoms with Crippen LogP contribution in [-0.4, -0.2) is 19.8 Å². The van der Waals surface area contributed by atoms with Gasteiger partial charge in [-0.05, 0) is 15.9 Å². The van der Waals surface area contributed by atoms with E-state index in [1.807, 2.05) is 0 Å². The van der Waals surface area contributed by atoms with Crippen LogP contribution in [-0.2, 0) is 24.1 Å². The number of hydrogen-bond donors (Lipinski definition) is 1. The molecule has 0 fully saturated rings. The normalized spacial score (nSPS) is 16.4. The van der Waals surface area contributed by atoms with Crippen molar-refractivity contribution >= 4 is 15.9 Å². The Hall–Kier alpha value is -0.780. The number of benzene rings is 1. The van der Waals surface area contributed by atoms with Gasteiger partial charge in [-0.1, -0.05) is 0 Å². The van der Waals surface area contributed by atoms with Gasteiger partial charge in [-0.25, -0.2) is 5.90 Å². The van der Waals surface area contributed by atoms with Crippen molar-refractivity contribution in [1.29, 1.82) is 0 Å². The molecule has 0 unspecified atom stereocenters. The van der Waals surface area contributed by atoms with Crippen molar-refractivity contribution in [2.45, 2.75) is 19.3 Å². The molecule has 2 aliphatic heterocycles. The second-order valence-electron chi connectivity index (χ2n) is 4.23. The van der Waals surface area contributed by atoms with E-state index in [1.54, 1.807) is 0 Å². The van der Waals surface area contributed by atoms with Crippen molar-refractivity contribution in [3.63, 3.8) is 0 Å². The van der Waals surface area contributed by atoms with Gasteiger partial charge in [0.15, 0.2) is 0 Å². The third-order valence-corrected chi connectivity index (χ3v) is 4.16.